The van der Waals surface area contributed by atoms with Crippen molar-refractivity contribution in [3.8, 4) is 0 Å². The van der Waals surface area contributed by atoms with Crippen LogP contribution in [0.15, 0.2) is 24.5 Å². The maximum atomic E-state index is 12.9. The van der Waals surface area contributed by atoms with E-state index in [1.54, 1.807) is 6.92 Å². The van der Waals surface area contributed by atoms with Crippen LogP contribution in [-0.2, 0) is 16.0 Å². The Bertz CT molecular complexity index is 1010. The molecule has 1 aliphatic rings. The number of carbonyl (C=O) groups excluding carboxylic acids is 1. The summed E-state index contributed by atoms with van der Waals surface area (Å²) in [5.74, 6) is -0.490. The van der Waals surface area contributed by atoms with Crippen LogP contribution in [0.1, 0.15) is 47.2 Å². The Kier molecular flexibility index (Phi) is 6.90. The largest absolute Gasteiger partial charge is 0.416 e. The first-order chi connectivity index (χ1) is 13.0. The van der Waals surface area contributed by atoms with Gasteiger partial charge in [-0.05, 0) is 31.5 Å². The summed E-state index contributed by atoms with van der Waals surface area (Å²) >= 11 is 5.71. The molecule has 2 atom stereocenters. The number of hydrogen-bond acceptors (Lipinski definition) is 5. The minimum atomic E-state index is -4.64. The van der Waals surface area contributed by atoms with Gasteiger partial charge in [0.25, 0.3) is 5.91 Å². The van der Waals surface area contributed by atoms with Crippen LogP contribution in [0.3, 0.4) is 0 Å². The molecule has 0 saturated carbocycles. The lowest BCUT2D eigenvalue weighted by Gasteiger charge is -2.18. The minimum absolute atomic E-state index is 0. The highest BCUT2D eigenvalue weighted by Crippen LogP contribution is 2.32. The number of nitrogens with zero attached hydrogens (tertiary/aromatic N) is 3. The van der Waals surface area contributed by atoms with E-state index in [1.807, 2.05) is 0 Å². The van der Waals surface area contributed by atoms with Crippen LogP contribution in [-0.4, -0.2) is 40.6 Å². The molecule has 29 heavy (non-hydrogen) atoms. The van der Waals surface area contributed by atoms with Crippen LogP contribution >= 0.6 is 25.1 Å². The highest BCUT2D eigenvalue weighted by Gasteiger charge is 2.33. The second-order valence-electron chi connectivity index (χ2n) is 6.54. The van der Waals surface area contributed by atoms with Gasteiger partial charge < -0.3 is 5.32 Å². The third-order valence-electron chi connectivity index (χ3n) is 4.38. The van der Waals surface area contributed by atoms with Crippen LogP contribution in [0, 0.1) is 0 Å². The predicted molar refractivity (Wildman–Crippen MR) is 105 cm³/mol. The molecular weight excluding hydrogens is 453 g/mol. The fraction of sp³-hybridized carbons (Fsp3) is 0.438. The third-order valence-corrected chi connectivity index (χ3v) is 6.35. The Balaban J connectivity index is 0.00000300. The molecule has 1 unspecified atom stereocenters. The Morgan fingerprint density at radius 2 is 2.03 bits per heavy atom. The first kappa shape index (κ1) is 23.5. The number of alkyl halides is 3. The molecule has 0 aliphatic carbocycles. The molecule has 160 valence electrons. The summed E-state index contributed by atoms with van der Waals surface area (Å²) in [5, 5.41) is 6.38. The maximum Gasteiger partial charge on any atom is 0.416 e. The van der Waals surface area contributed by atoms with Crippen molar-refractivity contribution in [3.05, 3.63) is 46.5 Å². The van der Waals surface area contributed by atoms with Crippen molar-refractivity contribution >= 4 is 40.8 Å². The number of aromatic nitrogens is 3. The first-order valence-electron chi connectivity index (χ1n) is 8.25. The minimum Gasteiger partial charge on any atom is -0.342 e. The summed E-state index contributed by atoms with van der Waals surface area (Å²) in [6.45, 7) is 1.58. The van der Waals surface area contributed by atoms with Gasteiger partial charge in [-0.15, -0.1) is 0 Å². The molecule has 1 aromatic carbocycles. The summed E-state index contributed by atoms with van der Waals surface area (Å²) in [6.07, 6.45) is -3.02. The second kappa shape index (κ2) is 8.52. The molecule has 1 aromatic heterocycles. The van der Waals surface area contributed by atoms with E-state index in [0.29, 0.717) is 18.3 Å². The number of amides is 1. The van der Waals surface area contributed by atoms with Gasteiger partial charge in [-0.3, -0.25) is 4.79 Å². The lowest BCUT2D eigenvalue weighted by molar-refractivity contribution is -0.137. The summed E-state index contributed by atoms with van der Waals surface area (Å²) in [5.41, 5.74) is -1.28. The molecule has 1 aliphatic heterocycles. The highest BCUT2D eigenvalue weighted by atomic mass is 35.5. The lowest BCUT2D eigenvalue weighted by Crippen LogP contribution is -2.30. The van der Waals surface area contributed by atoms with E-state index in [2.05, 4.69) is 15.4 Å². The molecule has 7 nitrogen and oxygen atoms in total. The molecule has 1 fully saturated rings. The van der Waals surface area contributed by atoms with Crippen molar-refractivity contribution in [2.75, 3.05) is 11.5 Å². The van der Waals surface area contributed by atoms with Crippen molar-refractivity contribution < 1.29 is 26.4 Å². The van der Waals surface area contributed by atoms with Crippen LogP contribution in [0.2, 0.25) is 5.02 Å². The molecule has 3 rings (SSSR count). The van der Waals surface area contributed by atoms with Gasteiger partial charge >= 0.3 is 6.18 Å². The second-order valence-corrected chi connectivity index (χ2v) is 9.21. The molecule has 2 heterocycles. The van der Waals surface area contributed by atoms with Crippen molar-refractivity contribution in [2.24, 2.45) is 0 Å². The molecule has 1 amide bonds. The van der Waals surface area contributed by atoms with E-state index >= 15 is 0 Å². The standard InChI is InChI=1S/C16H16ClF3N4O3S.H2S/c1-9(14-21-8-22-24(14)13-2-3-28(26,27)7-13)23-15(25)10-4-11(16(18,19)20)6-12(17)5-10;/h4-6,8-9,13H,2-3,7H2,1H3,(H,23,25);1H2/t9-,13?;/m0./s1. The number of nitrogens with one attached hydrogen (secondary N) is 1. The van der Waals surface area contributed by atoms with Gasteiger partial charge in [0.15, 0.2) is 9.84 Å². The SMILES string of the molecule is C[C@H](NC(=O)c1cc(Cl)cc(C(F)(F)F)c1)c1ncnn1C1CCS(=O)(=O)C1.S. The number of halogens is 4. The van der Waals surface area contributed by atoms with E-state index in [9.17, 15) is 26.4 Å². The first-order valence-corrected chi connectivity index (χ1v) is 10.4. The molecule has 0 spiro atoms. The van der Waals surface area contributed by atoms with Crippen LogP contribution in [0.25, 0.3) is 0 Å². The number of sulfone groups is 1. The van der Waals surface area contributed by atoms with E-state index in [0.717, 1.165) is 12.1 Å². The smallest absolute Gasteiger partial charge is 0.342 e. The molecule has 0 bridgehead atoms. The Labute approximate surface area is 177 Å². The molecule has 1 saturated heterocycles. The average molecular weight is 471 g/mol. The summed E-state index contributed by atoms with van der Waals surface area (Å²) in [4.78, 5) is 16.5. The number of carbonyl (C=O) groups is 1. The maximum absolute atomic E-state index is 12.9. The molecule has 0 radical (unpaired) electrons. The van der Waals surface area contributed by atoms with Crippen molar-refractivity contribution in [1.82, 2.24) is 20.1 Å². The summed E-state index contributed by atoms with van der Waals surface area (Å²) in [6, 6.07) is 1.46. The van der Waals surface area contributed by atoms with Gasteiger partial charge in [-0.25, -0.2) is 18.1 Å². The zero-order valence-electron chi connectivity index (χ0n) is 15.1. The van der Waals surface area contributed by atoms with E-state index in [-0.39, 0.29) is 35.6 Å². The highest BCUT2D eigenvalue weighted by molar-refractivity contribution is 7.91. The topological polar surface area (TPSA) is 93.9 Å². The van der Waals surface area contributed by atoms with E-state index in [1.165, 1.54) is 11.0 Å². The lowest BCUT2D eigenvalue weighted by atomic mass is 10.1. The van der Waals surface area contributed by atoms with Crippen molar-refractivity contribution in [3.63, 3.8) is 0 Å². The zero-order chi connectivity index (χ0) is 20.7. The quantitative estimate of drug-likeness (QED) is 0.741. The normalized spacial score (nSPS) is 19.4. The Morgan fingerprint density at radius 1 is 1.34 bits per heavy atom. The molecule has 1 N–H and O–H groups in total. The average Bonchev–Trinajstić information content (AvgIpc) is 3.19. The van der Waals surface area contributed by atoms with Gasteiger partial charge in [-0.1, -0.05) is 11.6 Å². The Morgan fingerprint density at radius 3 is 2.62 bits per heavy atom. The van der Waals surface area contributed by atoms with Gasteiger partial charge in [0.2, 0.25) is 0 Å². The van der Waals surface area contributed by atoms with E-state index in [4.69, 9.17) is 11.6 Å². The predicted octanol–water partition coefficient (Wildman–Crippen LogP) is 2.91. The monoisotopic (exact) mass is 470 g/mol. The molecule has 13 heteroatoms. The summed E-state index contributed by atoms with van der Waals surface area (Å²) < 4.78 is 63.6. The fourth-order valence-electron chi connectivity index (χ4n) is 3.05. The van der Waals surface area contributed by atoms with Crippen LogP contribution < -0.4 is 5.32 Å². The van der Waals surface area contributed by atoms with Crippen LogP contribution in [0.5, 0.6) is 0 Å². The fourth-order valence-corrected chi connectivity index (χ4v) is 4.97. The Hall–Kier alpha value is -1.79. The number of hydrogen-bond donors (Lipinski definition) is 1. The third kappa shape index (κ3) is 5.43. The molecular formula is C16H18ClF3N4O3S2. The van der Waals surface area contributed by atoms with E-state index < -0.39 is 39.6 Å². The van der Waals surface area contributed by atoms with Gasteiger partial charge in [0.05, 0.1) is 29.2 Å². The van der Waals surface area contributed by atoms with Crippen LogP contribution in [0.4, 0.5) is 13.2 Å². The number of benzene rings is 1. The van der Waals surface area contributed by atoms with Gasteiger partial charge in [0.1, 0.15) is 12.2 Å². The van der Waals surface area contributed by atoms with Crippen molar-refractivity contribution in [2.45, 2.75) is 31.6 Å². The van der Waals surface area contributed by atoms with Gasteiger partial charge in [-0.2, -0.15) is 31.8 Å². The summed E-state index contributed by atoms with van der Waals surface area (Å²) in [7, 11) is -3.15. The zero-order valence-corrected chi connectivity index (χ0v) is 17.6. The molecule has 2 aromatic rings. The van der Waals surface area contributed by atoms with Gasteiger partial charge in [0, 0.05) is 10.6 Å². The van der Waals surface area contributed by atoms with Crippen molar-refractivity contribution in [1.29, 1.82) is 0 Å². The number of rotatable bonds is 4.